The maximum atomic E-state index is 12.7. The molecule has 1 aromatic heterocycles. The minimum Gasteiger partial charge on any atom is -0.463 e. The number of amides is 3. The number of para-hydroxylation sites is 1. The highest BCUT2D eigenvalue weighted by Gasteiger charge is 2.22. The molecule has 0 radical (unpaired) electrons. The number of nitrogens with one attached hydrogen (secondary N) is 2. The number of carbonyl (C=O) groups is 3. The maximum absolute atomic E-state index is 12.7. The zero-order valence-corrected chi connectivity index (χ0v) is 14.4. The predicted molar refractivity (Wildman–Crippen MR) is 96.2 cm³/mol. The maximum Gasteiger partial charge on any atom is 0.329 e. The summed E-state index contributed by atoms with van der Waals surface area (Å²) in [6, 6.07) is 9.82. The van der Waals surface area contributed by atoms with Crippen molar-refractivity contribution in [3.05, 3.63) is 54.0 Å². The van der Waals surface area contributed by atoms with Crippen LogP contribution in [0.15, 0.2) is 52.2 Å². The van der Waals surface area contributed by atoms with Crippen LogP contribution in [0.5, 0.6) is 0 Å². The Balaban J connectivity index is 1.63. The molecule has 1 aliphatic rings. The summed E-state index contributed by atoms with van der Waals surface area (Å²) in [7, 11) is 0. The third-order valence-corrected chi connectivity index (χ3v) is 3.81. The molecule has 2 heterocycles. The van der Waals surface area contributed by atoms with E-state index < -0.39 is 11.8 Å². The largest absolute Gasteiger partial charge is 0.463 e. The molecule has 140 valence electrons. The number of hydrogen-bond donors (Lipinski definition) is 2. The fourth-order valence-corrected chi connectivity index (χ4v) is 2.46. The predicted octanol–water partition coefficient (Wildman–Crippen LogP) is 0.841. The number of nitrogens with zero attached hydrogens (tertiary/aromatic N) is 2. The average Bonchev–Trinajstić information content (AvgIpc) is 3.22. The highest BCUT2D eigenvalue weighted by molar-refractivity contribution is 6.40. The Morgan fingerprint density at radius 1 is 1.04 bits per heavy atom. The van der Waals surface area contributed by atoms with Crippen molar-refractivity contribution in [3.63, 3.8) is 0 Å². The van der Waals surface area contributed by atoms with E-state index in [2.05, 4.69) is 15.8 Å². The Morgan fingerprint density at radius 3 is 2.56 bits per heavy atom. The van der Waals surface area contributed by atoms with E-state index in [4.69, 9.17) is 9.15 Å². The quantitative estimate of drug-likeness (QED) is 0.470. The van der Waals surface area contributed by atoms with E-state index >= 15 is 0 Å². The lowest BCUT2D eigenvalue weighted by Crippen LogP contribution is -2.41. The Kier molecular flexibility index (Phi) is 5.95. The van der Waals surface area contributed by atoms with E-state index in [1.807, 2.05) is 0 Å². The molecule has 3 amide bonds. The number of anilines is 1. The summed E-state index contributed by atoms with van der Waals surface area (Å²) in [6.07, 6.45) is 2.72. The van der Waals surface area contributed by atoms with Gasteiger partial charge in [0.2, 0.25) is 0 Å². The van der Waals surface area contributed by atoms with Gasteiger partial charge in [-0.15, -0.1) is 0 Å². The molecule has 0 unspecified atom stereocenters. The van der Waals surface area contributed by atoms with E-state index in [1.165, 1.54) is 12.5 Å². The van der Waals surface area contributed by atoms with Gasteiger partial charge in [0.05, 0.1) is 36.9 Å². The number of hydrazone groups is 1. The van der Waals surface area contributed by atoms with Crippen LogP contribution in [0.2, 0.25) is 0 Å². The average molecular weight is 370 g/mol. The zero-order chi connectivity index (χ0) is 19.1. The zero-order valence-electron chi connectivity index (χ0n) is 14.4. The number of ether oxygens (including phenoxy) is 1. The Bertz CT molecular complexity index is 841. The normalized spacial score (nSPS) is 14.1. The summed E-state index contributed by atoms with van der Waals surface area (Å²) in [4.78, 5) is 38.3. The monoisotopic (exact) mass is 370 g/mol. The van der Waals surface area contributed by atoms with Gasteiger partial charge in [0, 0.05) is 13.1 Å². The van der Waals surface area contributed by atoms with Crippen LogP contribution in [0.3, 0.4) is 0 Å². The second-order valence-electron chi connectivity index (χ2n) is 5.62. The second kappa shape index (κ2) is 8.77. The van der Waals surface area contributed by atoms with Crippen molar-refractivity contribution in [1.29, 1.82) is 0 Å². The van der Waals surface area contributed by atoms with E-state index in [9.17, 15) is 14.4 Å². The summed E-state index contributed by atoms with van der Waals surface area (Å²) in [5.41, 5.74) is 2.66. The topological polar surface area (TPSA) is 113 Å². The van der Waals surface area contributed by atoms with Gasteiger partial charge >= 0.3 is 11.8 Å². The molecular formula is C18H18N4O5. The lowest BCUT2D eigenvalue weighted by Gasteiger charge is -2.27. The third-order valence-electron chi connectivity index (χ3n) is 3.81. The van der Waals surface area contributed by atoms with Crippen LogP contribution in [-0.4, -0.2) is 55.1 Å². The van der Waals surface area contributed by atoms with Gasteiger partial charge in [-0.25, -0.2) is 5.43 Å². The highest BCUT2D eigenvalue weighted by Crippen LogP contribution is 2.18. The number of rotatable bonds is 4. The van der Waals surface area contributed by atoms with Gasteiger partial charge in [0.1, 0.15) is 5.76 Å². The summed E-state index contributed by atoms with van der Waals surface area (Å²) in [6.45, 7) is 1.89. The van der Waals surface area contributed by atoms with Crippen molar-refractivity contribution in [3.8, 4) is 0 Å². The number of benzene rings is 1. The standard InChI is InChI=1S/C18H18N4O5/c23-16(17(24)21-19-12-13-4-3-9-27-13)20-15-6-2-1-5-14(15)18(25)22-7-10-26-11-8-22/h1-6,9,12H,7-8,10-11H2,(H,20,23)(H,21,24). The van der Waals surface area contributed by atoms with Gasteiger partial charge in [-0.1, -0.05) is 12.1 Å². The molecule has 0 spiro atoms. The van der Waals surface area contributed by atoms with E-state index in [1.54, 1.807) is 41.3 Å². The molecule has 9 heteroatoms. The Labute approximate surface area is 155 Å². The van der Waals surface area contributed by atoms with E-state index in [0.717, 1.165) is 0 Å². The van der Waals surface area contributed by atoms with Gasteiger partial charge in [0.25, 0.3) is 5.91 Å². The first-order chi connectivity index (χ1) is 13.1. The number of carbonyl (C=O) groups excluding carboxylic acids is 3. The molecule has 9 nitrogen and oxygen atoms in total. The smallest absolute Gasteiger partial charge is 0.329 e. The molecule has 2 N–H and O–H groups in total. The molecule has 2 aromatic rings. The molecule has 3 rings (SSSR count). The Hall–Kier alpha value is -3.46. The van der Waals surface area contributed by atoms with Gasteiger partial charge in [0.15, 0.2) is 0 Å². The molecule has 0 aliphatic carbocycles. The molecule has 1 fully saturated rings. The van der Waals surface area contributed by atoms with Crippen molar-refractivity contribution in [2.75, 3.05) is 31.6 Å². The van der Waals surface area contributed by atoms with Crippen LogP contribution in [0, 0.1) is 0 Å². The minimum atomic E-state index is -0.966. The van der Waals surface area contributed by atoms with Gasteiger partial charge in [-0.05, 0) is 24.3 Å². The van der Waals surface area contributed by atoms with Crippen LogP contribution in [-0.2, 0) is 14.3 Å². The van der Waals surface area contributed by atoms with Crippen molar-refractivity contribution in [1.82, 2.24) is 10.3 Å². The number of furan rings is 1. The van der Waals surface area contributed by atoms with Gasteiger partial charge in [-0.3, -0.25) is 14.4 Å². The molecule has 0 bridgehead atoms. The van der Waals surface area contributed by atoms with Crippen LogP contribution in [0.4, 0.5) is 5.69 Å². The van der Waals surface area contributed by atoms with E-state index in [-0.39, 0.29) is 11.6 Å². The number of morpholine rings is 1. The first-order valence-electron chi connectivity index (χ1n) is 8.29. The number of hydrogen-bond acceptors (Lipinski definition) is 6. The summed E-state index contributed by atoms with van der Waals surface area (Å²) in [5, 5.41) is 6.09. The summed E-state index contributed by atoms with van der Waals surface area (Å²) in [5.74, 6) is -1.71. The molecule has 1 saturated heterocycles. The molecule has 0 saturated carbocycles. The Morgan fingerprint density at radius 2 is 1.81 bits per heavy atom. The summed E-state index contributed by atoms with van der Waals surface area (Å²) < 4.78 is 10.3. The minimum absolute atomic E-state index is 0.231. The third kappa shape index (κ3) is 4.79. The summed E-state index contributed by atoms with van der Waals surface area (Å²) >= 11 is 0. The van der Waals surface area contributed by atoms with Crippen molar-refractivity contribution < 1.29 is 23.5 Å². The fraction of sp³-hybridized carbons (Fsp3) is 0.222. The van der Waals surface area contributed by atoms with E-state index in [0.29, 0.717) is 37.6 Å². The molecule has 1 aromatic carbocycles. The lowest BCUT2D eigenvalue weighted by atomic mass is 10.1. The van der Waals surface area contributed by atoms with Gasteiger partial charge < -0.3 is 19.4 Å². The second-order valence-corrected chi connectivity index (χ2v) is 5.62. The van der Waals surface area contributed by atoms with Crippen molar-refractivity contribution in [2.24, 2.45) is 5.10 Å². The van der Waals surface area contributed by atoms with Crippen LogP contribution < -0.4 is 10.7 Å². The molecule has 27 heavy (non-hydrogen) atoms. The fourth-order valence-electron chi connectivity index (χ4n) is 2.46. The van der Waals surface area contributed by atoms with Crippen LogP contribution in [0.25, 0.3) is 0 Å². The van der Waals surface area contributed by atoms with Crippen LogP contribution >= 0.6 is 0 Å². The highest BCUT2D eigenvalue weighted by atomic mass is 16.5. The SMILES string of the molecule is O=C(NN=Cc1ccco1)C(=O)Nc1ccccc1C(=O)N1CCOCC1. The first-order valence-corrected chi connectivity index (χ1v) is 8.29. The van der Waals surface area contributed by atoms with Crippen LogP contribution in [0.1, 0.15) is 16.1 Å². The van der Waals surface area contributed by atoms with Crippen molar-refractivity contribution >= 4 is 29.6 Å². The van der Waals surface area contributed by atoms with Gasteiger partial charge in [-0.2, -0.15) is 5.10 Å². The first kappa shape index (κ1) is 18.3. The molecule has 0 atom stereocenters. The lowest BCUT2D eigenvalue weighted by molar-refractivity contribution is -0.136. The molecule has 1 aliphatic heterocycles. The van der Waals surface area contributed by atoms with Crippen molar-refractivity contribution in [2.45, 2.75) is 0 Å². The molecular weight excluding hydrogens is 352 g/mol.